The fourth-order valence-corrected chi connectivity index (χ4v) is 2.19. The standard InChI is InChI=1S/C12H24N2O2/c1-5-6-12(2,3)14-11(15)10-7-9(16-4)8-13-10/h9-10,13H,5-8H2,1-4H3,(H,14,15). The van der Waals surface area contributed by atoms with Gasteiger partial charge >= 0.3 is 0 Å². The molecule has 94 valence electrons. The van der Waals surface area contributed by atoms with Crippen LogP contribution in [-0.4, -0.2) is 37.2 Å². The van der Waals surface area contributed by atoms with E-state index in [1.807, 2.05) is 0 Å². The zero-order valence-corrected chi connectivity index (χ0v) is 10.8. The van der Waals surface area contributed by atoms with Gasteiger partial charge in [0, 0.05) is 19.2 Å². The summed E-state index contributed by atoms with van der Waals surface area (Å²) in [6.07, 6.45) is 3.01. The third-order valence-electron chi connectivity index (χ3n) is 3.08. The van der Waals surface area contributed by atoms with Crippen LogP contribution in [0.15, 0.2) is 0 Å². The maximum Gasteiger partial charge on any atom is 0.237 e. The molecule has 1 fully saturated rings. The molecular weight excluding hydrogens is 204 g/mol. The molecule has 16 heavy (non-hydrogen) atoms. The summed E-state index contributed by atoms with van der Waals surface area (Å²) in [5, 5.41) is 6.27. The highest BCUT2D eigenvalue weighted by Gasteiger charge is 2.31. The van der Waals surface area contributed by atoms with Crippen LogP contribution in [0.4, 0.5) is 0 Å². The van der Waals surface area contributed by atoms with E-state index in [-0.39, 0.29) is 23.6 Å². The van der Waals surface area contributed by atoms with Gasteiger partial charge in [-0.1, -0.05) is 13.3 Å². The lowest BCUT2D eigenvalue weighted by atomic mass is 9.98. The minimum Gasteiger partial charge on any atom is -0.380 e. The van der Waals surface area contributed by atoms with E-state index >= 15 is 0 Å². The molecule has 1 heterocycles. The van der Waals surface area contributed by atoms with Gasteiger partial charge in [0.1, 0.15) is 0 Å². The Morgan fingerprint density at radius 1 is 1.56 bits per heavy atom. The largest absolute Gasteiger partial charge is 0.380 e. The SMILES string of the molecule is CCCC(C)(C)NC(=O)C1CC(OC)CN1. The fraction of sp³-hybridized carbons (Fsp3) is 0.917. The van der Waals surface area contributed by atoms with Gasteiger partial charge < -0.3 is 15.4 Å². The van der Waals surface area contributed by atoms with Crippen molar-refractivity contribution < 1.29 is 9.53 Å². The van der Waals surface area contributed by atoms with Crippen LogP contribution in [0.1, 0.15) is 40.0 Å². The van der Waals surface area contributed by atoms with E-state index in [4.69, 9.17) is 4.74 Å². The number of rotatable bonds is 5. The number of hydrogen-bond acceptors (Lipinski definition) is 3. The Balaban J connectivity index is 2.41. The maximum atomic E-state index is 12.0. The summed E-state index contributed by atoms with van der Waals surface area (Å²) in [6.45, 7) is 7.03. The molecule has 1 aliphatic heterocycles. The van der Waals surface area contributed by atoms with Gasteiger partial charge in [-0.3, -0.25) is 4.79 Å². The molecular formula is C12H24N2O2. The lowest BCUT2D eigenvalue weighted by Crippen LogP contribution is -2.50. The highest BCUT2D eigenvalue weighted by molar-refractivity contribution is 5.82. The van der Waals surface area contributed by atoms with Crippen molar-refractivity contribution >= 4 is 5.91 Å². The Morgan fingerprint density at radius 3 is 2.75 bits per heavy atom. The van der Waals surface area contributed by atoms with Gasteiger partial charge in [-0.15, -0.1) is 0 Å². The van der Waals surface area contributed by atoms with Crippen molar-refractivity contribution in [1.29, 1.82) is 0 Å². The van der Waals surface area contributed by atoms with E-state index < -0.39 is 0 Å². The van der Waals surface area contributed by atoms with Gasteiger partial charge in [-0.25, -0.2) is 0 Å². The van der Waals surface area contributed by atoms with Crippen molar-refractivity contribution in [2.24, 2.45) is 0 Å². The van der Waals surface area contributed by atoms with Crippen molar-refractivity contribution in [3.8, 4) is 0 Å². The molecule has 0 aliphatic carbocycles. The topological polar surface area (TPSA) is 50.4 Å². The summed E-state index contributed by atoms with van der Waals surface area (Å²) in [5.41, 5.74) is -0.112. The monoisotopic (exact) mass is 228 g/mol. The Kier molecular flexibility index (Phi) is 4.74. The number of carbonyl (C=O) groups is 1. The second kappa shape index (κ2) is 5.64. The molecule has 1 amide bonds. The molecule has 2 unspecified atom stereocenters. The Hall–Kier alpha value is -0.610. The summed E-state index contributed by atoms with van der Waals surface area (Å²) in [5.74, 6) is 0.0954. The predicted molar refractivity (Wildman–Crippen MR) is 64.3 cm³/mol. The smallest absolute Gasteiger partial charge is 0.237 e. The van der Waals surface area contributed by atoms with Crippen LogP contribution in [0.5, 0.6) is 0 Å². The highest BCUT2D eigenvalue weighted by atomic mass is 16.5. The van der Waals surface area contributed by atoms with Crippen LogP contribution < -0.4 is 10.6 Å². The number of nitrogens with one attached hydrogen (secondary N) is 2. The first kappa shape index (κ1) is 13.5. The minimum absolute atomic E-state index is 0.0954. The van der Waals surface area contributed by atoms with Gasteiger partial charge in [0.15, 0.2) is 0 Å². The van der Waals surface area contributed by atoms with Crippen molar-refractivity contribution in [1.82, 2.24) is 10.6 Å². The summed E-state index contributed by atoms with van der Waals surface area (Å²) in [6, 6.07) is -0.0962. The van der Waals surface area contributed by atoms with E-state index in [2.05, 4.69) is 31.4 Å². The molecule has 0 radical (unpaired) electrons. The van der Waals surface area contributed by atoms with Crippen LogP contribution in [0.3, 0.4) is 0 Å². The van der Waals surface area contributed by atoms with Crippen LogP contribution >= 0.6 is 0 Å². The van der Waals surface area contributed by atoms with Crippen molar-refractivity contribution in [3.05, 3.63) is 0 Å². The number of amides is 1. The first-order chi connectivity index (χ1) is 7.48. The van der Waals surface area contributed by atoms with E-state index in [0.717, 1.165) is 25.8 Å². The molecule has 0 aromatic carbocycles. The summed E-state index contributed by atoms with van der Waals surface area (Å²) in [7, 11) is 1.69. The van der Waals surface area contributed by atoms with Gasteiger partial charge in [0.05, 0.1) is 12.1 Å². The molecule has 0 spiro atoms. The van der Waals surface area contributed by atoms with E-state index in [0.29, 0.717) is 0 Å². The molecule has 0 aromatic heterocycles. The first-order valence-electron chi connectivity index (χ1n) is 6.06. The second-order valence-corrected chi connectivity index (χ2v) is 5.18. The van der Waals surface area contributed by atoms with Crippen molar-refractivity contribution in [2.45, 2.75) is 57.7 Å². The Bertz CT molecular complexity index is 241. The second-order valence-electron chi connectivity index (χ2n) is 5.18. The molecule has 1 saturated heterocycles. The Morgan fingerprint density at radius 2 is 2.25 bits per heavy atom. The molecule has 2 atom stereocenters. The normalized spacial score (nSPS) is 25.8. The quantitative estimate of drug-likeness (QED) is 0.739. The summed E-state index contributed by atoms with van der Waals surface area (Å²) >= 11 is 0. The predicted octanol–water partition coefficient (Wildman–Crippen LogP) is 1.06. The number of carbonyl (C=O) groups excluding carboxylic acids is 1. The van der Waals surface area contributed by atoms with E-state index in [1.165, 1.54) is 0 Å². The van der Waals surface area contributed by atoms with E-state index in [9.17, 15) is 4.79 Å². The number of methoxy groups -OCH3 is 1. The van der Waals surface area contributed by atoms with Crippen molar-refractivity contribution in [3.63, 3.8) is 0 Å². The zero-order valence-electron chi connectivity index (χ0n) is 10.8. The lowest BCUT2D eigenvalue weighted by molar-refractivity contribution is -0.124. The lowest BCUT2D eigenvalue weighted by Gasteiger charge is -2.27. The molecule has 1 rings (SSSR count). The molecule has 2 N–H and O–H groups in total. The molecule has 1 aliphatic rings. The van der Waals surface area contributed by atoms with Crippen LogP contribution in [0, 0.1) is 0 Å². The molecule has 4 heteroatoms. The van der Waals surface area contributed by atoms with Gasteiger partial charge in [-0.2, -0.15) is 0 Å². The zero-order chi connectivity index (χ0) is 12.2. The number of hydrogen-bond donors (Lipinski definition) is 2. The summed E-state index contributed by atoms with van der Waals surface area (Å²) < 4.78 is 5.23. The highest BCUT2D eigenvalue weighted by Crippen LogP contribution is 2.14. The Labute approximate surface area is 98.1 Å². The molecule has 0 bridgehead atoms. The molecule has 4 nitrogen and oxygen atoms in total. The van der Waals surface area contributed by atoms with Crippen LogP contribution in [-0.2, 0) is 9.53 Å². The number of ether oxygens (including phenoxy) is 1. The molecule has 0 aromatic rings. The minimum atomic E-state index is -0.112. The van der Waals surface area contributed by atoms with Gasteiger partial charge in [-0.05, 0) is 26.7 Å². The van der Waals surface area contributed by atoms with E-state index in [1.54, 1.807) is 7.11 Å². The maximum absolute atomic E-state index is 12.0. The van der Waals surface area contributed by atoms with Gasteiger partial charge in [0.2, 0.25) is 5.91 Å². The van der Waals surface area contributed by atoms with Gasteiger partial charge in [0.25, 0.3) is 0 Å². The average Bonchev–Trinajstić information content (AvgIpc) is 2.64. The third kappa shape index (κ3) is 3.76. The third-order valence-corrected chi connectivity index (χ3v) is 3.08. The molecule has 0 saturated carbocycles. The summed E-state index contributed by atoms with van der Waals surface area (Å²) in [4.78, 5) is 12.0. The van der Waals surface area contributed by atoms with Crippen molar-refractivity contribution in [2.75, 3.05) is 13.7 Å². The fourth-order valence-electron chi connectivity index (χ4n) is 2.19. The van der Waals surface area contributed by atoms with Crippen LogP contribution in [0.25, 0.3) is 0 Å². The van der Waals surface area contributed by atoms with Crippen LogP contribution in [0.2, 0.25) is 0 Å². The average molecular weight is 228 g/mol. The first-order valence-corrected chi connectivity index (χ1v) is 6.06.